The molecule has 1 aromatic heterocycles. The lowest BCUT2D eigenvalue weighted by atomic mass is 10.2. The molecular formula is C13H23N3OS. The van der Waals surface area contributed by atoms with Crippen LogP contribution in [-0.2, 0) is 11.3 Å². The van der Waals surface area contributed by atoms with E-state index in [-0.39, 0.29) is 0 Å². The molecule has 0 aliphatic carbocycles. The molecule has 0 bridgehead atoms. The summed E-state index contributed by atoms with van der Waals surface area (Å²) in [5.41, 5.74) is 0. The minimum absolute atomic E-state index is 0.763. The van der Waals surface area contributed by atoms with Crippen molar-refractivity contribution in [3.05, 3.63) is 12.4 Å². The largest absolute Gasteiger partial charge is 0.382 e. The Morgan fingerprint density at radius 2 is 2.56 bits per heavy atom. The first-order valence-corrected chi connectivity index (χ1v) is 7.89. The van der Waals surface area contributed by atoms with Crippen molar-refractivity contribution in [1.29, 1.82) is 0 Å². The van der Waals surface area contributed by atoms with Crippen molar-refractivity contribution in [2.45, 2.75) is 38.0 Å². The number of imidazole rings is 1. The molecule has 0 radical (unpaired) electrons. The molecule has 18 heavy (non-hydrogen) atoms. The van der Waals surface area contributed by atoms with Gasteiger partial charge in [-0.25, -0.2) is 4.98 Å². The molecule has 1 aliphatic rings. The molecule has 1 aromatic rings. The number of rotatable bonds is 8. The van der Waals surface area contributed by atoms with E-state index in [0.29, 0.717) is 0 Å². The number of ether oxygens (including phenoxy) is 1. The molecule has 5 heteroatoms. The first-order chi connectivity index (χ1) is 8.90. The lowest BCUT2D eigenvalue weighted by molar-refractivity contribution is 0.142. The standard InChI is InChI=1S/C13H23N3OS/c1-2-17-9-4-7-16-8-6-14-13(16)15-11-12-5-3-10-18-12/h6,8,12H,2-5,7,9-11H2,1H3,(H,14,15). The monoisotopic (exact) mass is 269 g/mol. The van der Waals surface area contributed by atoms with Crippen LogP contribution in [0.3, 0.4) is 0 Å². The fourth-order valence-corrected chi connectivity index (χ4v) is 3.35. The van der Waals surface area contributed by atoms with Crippen molar-refractivity contribution >= 4 is 17.7 Å². The highest BCUT2D eigenvalue weighted by Crippen LogP contribution is 2.26. The highest BCUT2D eigenvalue weighted by Gasteiger charge is 2.15. The van der Waals surface area contributed by atoms with E-state index in [1.165, 1.54) is 18.6 Å². The Kier molecular flexibility index (Phi) is 5.87. The fraction of sp³-hybridized carbons (Fsp3) is 0.769. The summed E-state index contributed by atoms with van der Waals surface area (Å²) in [5.74, 6) is 2.31. The number of hydrogen-bond donors (Lipinski definition) is 1. The zero-order valence-corrected chi connectivity index (χ0v) is 11.9. The van der Waals surface area contributed by atoms with Crippen LogP contribution in [0.1, 0.15) is 26.2 Å². The second-order valence-electron chi connectivity index (χ2n) is 4.51. The molecule has 0 aromatic carbocycles. The number of nitrogens with one attached hydrogen (secondary N) is 1. The predicted octanol–water partition coefficient (Wildman–Crippen LogP) is 2.62. The molecule has 1 fully saturated rings. The lowest BCUT2D eigenvalue weighted by Gasteiger charge is -2.12. The number of nitrogens with zero attached hydrogens (tertiary/aromatic N) is 2. The Morgan fingerprint density at radius 1 is 1.61 bits per heavy atom. The molecule has 1 aliphatic heterocycles. The maximum absolute atomic E-state index is 5.36. The minimum Gasteiger partial charge on any atom is -0.382 e. The van der Waals surface area contributed by atoms with E-state index >= 15 is 0 Å². The topological polar surface area (TPSA) is 39.1 Å². The third-order valence-electron chi connectivity index (χ3n) is 3.12. The summed E-state index contributed by atoms with van der Waals surface area (Å²) in [6, 6.07) is 0. The van der Waals surface area contributed by atoms with Crippen LogP contribution in [0.4, 0.5) is 5.95 Å². The molecule has 4 nitrogen and oxygen atoms in total. The van der Waals surface area contributed by atoms with Gasteiger partial charge in [-0.3, -0.25) is 0 Å². The Labute approximate surface area is 114 Å². The molecular weight excluding hydrogens is 246 g/mol. The number of aromatic nitrogens is 2. The van der Waals surface area contributed by atoms with Crippen LogP contribution in [0.2, 0.25) is 0 Å². The maximum atomic E-state index is 5.36. The normalized spacial score (nSPS) is 19.3. The summed E-state index contributed by atoms with van der Waals surface area (Å²) in [6.07, 6.45) is 7.64. The van der Waals surface area contributed by atoms with Crippen LogP contribution < -0.4 is 5.32 Å². The smallest absolute Gasteiger partial charge is 0.202 e. The van der Waals surface area contributed by atoms with Gasteiger partial charge >= 0.3 is 0 Å². The van der Waals surface area contributed by atoms with E-state index in [0.717, 1.165) is 43.9 Å². The van der Waals surface area contributed by atoms with Gasteiger partial charge in [0.2, 0.25) is 5.95 Å². The predicted molar refractivity (Wildman–Crippen MR) is 77.3 cm³/mol. The van der Waals surface area contributed by atoms with Crippen LogP contribution in [0.25, 0.3) is 0 Å². The number of hydrogen-bond acceptors (Lipinski definition) is 4. The SMILES string of the molecule is CCOCCCn1ccnc1NCC1CCCS1. The molecule has 0 spiro atoms. The van der Waals surface area contributed by atoms with E-state index in [9.17, 15) is 0 Å². The molecule has 2 rings (SSSR count). The van der Waals surface area contributed by atoms with Crippen molar-refractivity contribution in [3.8, 4) is 0 Å². The summed E-state index contributed by atoms with van der Waals surface area (Å²) in [6.45, 7) is 5.66. The molecule has 0 amide bonds. The van der Waals surface area contributed by atoms with Gasteiger partial charge in [0.15, 0.2) is 0 Å². The van der Waals surface area contributed by atoms with Crippen LogP contribution in [0.5, 0.6) is 0 Å². The van der Waals surface area contributed by atoms with E-state index in [1.807, 2.05) is 19.3 Å². The van der Waals surface area contributed by atoms with Gasteiger partial charge in [-0.15, -0.1) is 0 Å². The first-order valence-electron chi connectivity index (χ1n) is 6.84. The summed E-state index contributed by atoms with van der Waals surface area (Å²) in [4.78, 5) is 4.38. The van der Waals surface area contributed by atoms with Gasteiger partial charge in [0.25, 0.3) is 0 Å². The second kappa shape index (κ2) is 7.69. The van der Waals surface area contributed by atoms with E-state index in [4.69, 9.17) is 4.74 Å². The van der Waals surface area contributed by atoms with Gasteiger partial charge in [0, 0.05) is 43.9 Å². The molecule has 1 saturated heterocycles. The Bertz CT molecular complexity index is 337. The van der Waals surface area contributed by atoms with Crippen molar-refractivity contribution in [2.75, 3.05) is 30.8 Å². The minimum atomic E-state index is 0.763. The van der Waals surface area contributed by atoms with Crippen LogP contribution in [-0.4, -0.2) is 40.3 Å². The number of thioether (sulfide) groups is 1. The van der Waals surface area contributed by atoms with Crippen molar-refractivity contribution < 1.29 is 4.74 Å². The molecule has 0 saturated carbocycles. The van der Waals surface area contributed by atoms with Crippen LogP contribution in [0.15, 0.2) is 12.4 Å². The highest BCUT2D eigenvalue weighted by molar-refractivity contribution is 8.00. The van der Waals surface area contributed by atoms with E-state index < -0.39 is 0 Å². The highest BCUT2D eigenvalue weighted by atomic mass is 32.2. The van der Waals surface area contributed by atoms with Crippen LogP contribution >= 0.6 is 11.8 Å². The van der Waals surface area contributed by atoms with Gasteiger partial charge in [0.05, 0.1) is 0 Å². The van der Waals surface area contributed by atoms with Gasteiger partial charge in [0.1, 0.15) is 0 Å². The Balaban J connectivity index is 1.72. The van der Waals surface area contributed by atoms with Crippen molar-refractivity contribution in [2.24, 2.45) is 0 Å². The van der Waals surface area contributed by atoms with Crippen molar-refractivity contribution in [3.63, 3.8) is 0 Å². The quantitative estimate of drug-likeness (QED) is 0.736. The average Bonchev–Trinajstić information content (AvgIpc) is 3.03. The summed E-state index contributed by atoms with van der Waals surface area (Å²) < 4.78 is 7.53. The molecule has 1 unspecified atom stereocenters. The third kappa shape index (κ3) is 4.21. The Morgan fingerprint density at radius 3 is 3.33 bits per heavy atom. The molecule has 1 atom stereocenters. The zero-order chi connectivity index (χ0) is 12.6. The van der Waals surface area contributed by atoms with Gasteiger partial charge in [-0.2, -0.15) is 11.8 Å². The van der Waals surface area contributed by atoms with Gasteiger partial charge in [-0.05, 0) is 31.9 Å². The zero-order valence-electron chi connectivity index (χ0n) is 11.1. The third-order valence-corrected chi connectivity index (χ3v) is 4.52. The summed E-state index contributed by atoms with van der Waals surface area (Å²) >= 11 is 2.07. The number of anilines is 1. The number of aryl methyl sites for hydroxylation is 1. The first kappa shape index (κ1) is 13.7. The van der Waals surface area contributed by atoms with E-state index in [1.54, 1.807) is 0 Å². The second-order valence-corrected chi connectivity index (χ2v) is 5.92. The van der Waals surface area contributed by atoms with Crippen molar-refractivity contribution in [1.82, 2.24) is 9.55 Å². The summed E-state index contributed by atoms with van der Waals surface area (Å²) in [7, 11) is 0. The molecule has 2 heterocycles. The Hall–Kier alpha value is -0.680. The van der Waals surface area contributed by atoms with Gasteiger partial charge < -0.3 is 14.6 Å². The van der Waals surface area contributed by atoms with E-state index in [2.05, 4.69) is 26.6 Å². The molecule has 1 N–H and O–H groups in total. The fourth-order valence-electron chi connectivity index (χ4n) is 2.15. The van der Waals surface area contributed by atoms with Gasteiger partial charge in [-0.1, -0.05) is 0 Å². The van der Waals surface area contributed by atoms with Crippen LogP contribution in [0, 0.1) is 0 Å². The maximum Gasteiger partial charge on any atom is 0.202 e. The average molecular weight is 269 g/mol. The summed E-state index contributed by atoms with van der Waals surface area (Å²) in [5, 5.41) is 4.23. The molecule has 102 valence electrons. The lowest BCUT2D eigenvalue weighted by Crippen LogP contribution is -2.17.